The Bertz CT molecular complexity index is 765. The molecule has 0 amide bonds. The topological polar surface area (TPSA) is 75.1 Å². The number of aryl methyl sites for hydroxylation is 1. The Morgan fingerprint density at radius 1 is 1.20 bits per heavy atom. The second kappa shape index (κ2) is 4.90. The third kappa shape index (κ3) is 2.33. The highest BCUT2D eigenvalue weighted by Crippen LogP contribution is 2.27. The molecule has 0 atom stereocenters. The average Bonchev–Trinajstić information content (AvgIpc) is 2.80. The van der Waals surface area contributed by atoms with Crippen molar-refractivity contribution in [3.63, 3.8) is 0 Å². The number of nitrogens with one attached hydrogen (secondary N) is 1. The van der Waals surface area contributed by atoms with Crippen molar-refractivity contribution in [2.24, 2.45) is 0 Å². The normalized spacial score (nSPS) is 10.7. The first kappa shape index (κ1) is 12.6. The highest BCUT2D eigenvalue weighted by molar-refractivity contribution is 7.22. The van der Waals surface area contributed by atoms with Crippen molar-refractivity contribution in [1.29, 1.82) is 0 Å². The van der Waals surface area contributed by atoms with Crippen LogP contribution < -0.4 is 5.32 Å². The lowest BCUT2D eigenvalue weighted by Gasteiger charge is -2.04. The molecule has 0 aliphatic carbocycles. The van der Waals surface area contributed by atoms with Gasteiger partial charge in [-0.1, -0.05) is 23.5 Å². The number of aromatic carboxylic acids is 1. The van der Waals surface area contributed by atoms with Gasteiger partial charge in [0.05, 0.1) is 21.5 Å². The summed E-state index contributed by atoms with van der Waals surface area (Å²) in [5, 5.41) is 12.8. The minimum Gasteiger partial charge on any atom is -0.478 e. The number of thiazole rings is 1. The van der Waals surface area contributed by atoms with Gasteiger partial charge in [-0.15, -0.1) is 0 Å². The van der Waals surface area contributed by atoms with Crippen LogP contribution in [0.15, 0.2) is 36.4 Å². The van der Waals surface area contributed by atoms with Gasteiger partial charge in [0.25, 0.3) is 0 Å². The van der Waals surface area contributed by atoms with Gasteiger partial charge in [0, 0.05) is 0 Å². The molecule has 1 aromatic carbocycles. The van der Waals surface area contributed by atoms with Crippen LogP contribution in [0.25, 0.3) is 10.2 Å². The van der Waals surface area contributed by atoms with Crippen LogP contribution in [-0.2, 0) is 0 Å². The van der Waals surface area contributed by atoms with Crippen molar-refractivity contribution in [2.45, 2.75) is 6.92 Å². The quantitative estimate of drug-likeness (QED) is 0.771. The van der Waals surface area contributed by atoms with Crippen molar-refractivity contribution >= 4 is 38.5 Å². The maximum absolute atomic E-state index is 10.9. The van der Waals surface area contributed by atoms with Crippen molar-refractivity contribution in [3.05, 3.63) is 47.7 Å². The van der Waals surface area contributed by atoms with Gasteiger partial charge < -0.3 is 10.4 Å². The van der Waals surface area contributed by atoms with Crippen LogP contribution in [0, 0.1) is 6.92 Å². The Morgan fingerprint density at radius 2 is 2.00 bits per heavy atom. The second-order valence-electron chi connectivity index (χ2n) is 4.25. The van der Waals surface area contributed by atoms with Crippen LogP contribution in [-0.4, -0.2) is 21.0 Å². The second-order valence-corrected chi connectivity index (χ2v) is 5.28. The minimum absolute atomic E-state index is 0.208. The molecule has 2 N–H and O–H groups in total. The number of fused-ring (bicyclic) bond motifs is 1. The summed E-state index contributed by atoms with van der Waals surface area (Å²) in [5.41, 5.74) is 1.61. The molecular weight excluding hydrogens is 274 g/mol. The van der Waals surface area contributed by atoms with Crippen molar-refractivity contribution < 1.29 is 9.90 Å². The monoisotopic (exact) mass is 285 g/mol. The molecule has 0 spiro atoms. The molecule has 0 aliphatic rings. The van der Waals surface area contributed by atoms with E-state index in [0.29, 0.717) is 11.5 Å². The lowest BCUT2D eigenvalue weighted by Crippen LogP contribution is -2.03. The predicted molar refractivity (Wildman–Crippen MR) is 78.8 cm³/mol. The number of rotatable bonds is 3. The van der Waals surface area contributed by atoms with Crippen LogP contribution in [0.3, 0.4) is 0 Å². The van der Waals surface area contributed by atoms with Gasteiger partial charge in [-0.25, -0.2) is 14.8 Å². The van der Waals surface area contributed by atoms with E-state index >= 15 is 0 Å². The van der Waals surface area contributed by atoms with Gasteiger partial charge in [-0.2, -0.15) is 0 Å². The van der Waals surface area contributed by atoms with Crippen LogP contribution in [0.2, 0.25) is 0 Å². The lowest BCUT2D eigenvalue weighted by atomic mass is 10.2. The summed E-state index contributed by atoms with van der Waals surface area (Å²) in [6.45, 7) is 1.67. The van der Waals surface area contributed by atoms with E-state index < -0.39 is 5.97 Å². The number of carbonyl (C=O) groups is 1. The van der Waals surface area contributed by atoms with Crippen LogP contribution >= 0.6 is 11.3 Å². The number of hydrogen-bond acceptors (Lipinski definition) is 5. The van der Waals surface area contributed by atoms with Crippen molar-refractivity contribution in [1.82, 2.24) is 9.97 Å². The number of benzene rings is 1. The predicted octanol–water partition coefficient (Wildman–Crippen LogP) is 3.44. The van der Waals surface area contributed by atoms with Gasteiger partial charge in [-0.05, 0) is 31.2 Å². The fourth-order valence-electron chi connectivity index (χ4n) is 1.89. The molecular formula is C14H11N3O2S. The Hall–Kier alpha value is -2.47. The third-order valence-corrected chi connectivity index (χ3v) is 3.80. The smallest absolute Gasteiger partial charge is 0.337 e. The average molecular weight is 285 g/mol. The third-order valence-electron chi connectivity index (χ3n) is 2.85. The Kier molecular flexibility index (Phi) is 3.08. The molecule has 0 bridgehead atoms. The molecule has 100 valence electrons. The van der Waals surface area contributed by atoms with E-state index in [1.54, 1.807) is 19.1 Å². The summed E-state index contributed by atoms with van der Waals surface area (Å²) in [6, 6.07) is 11.0. The number of para-hydroxylation sites is 1. The summed E-state index contributed by atoms with van der Waals surface area (Å²) < 4.78 is 1.09. The molecule has 2 aromatic heterocycles. The van der Waals surface area contributed by atoms with Crippen LogP contribution in [0.5, 0.6) is 0 Å². The Labute approximate surface area is 118 Å². The zero-order valence-electron chi connectivity index (χ0n) is 10.6. The van der Waals surface area contributed by atoms with Gasteiger partial charge >= 0.3 is 5.97 Å². The summed E-state index contributed by atoms with van der Waals surface area (Å²) in [7, 11) is 0. The fraction of sp³-hybridized carbons (Fsp3) is 0.0714. The first-order chi connectivity index (χ1) is 9.63. The van der Waals surface area contributed by atoms with E-state index in [1.165, 1.54) is 11.3 Å². The molecule has 5 nitrogen and oxygen atoms in total. The lowest BCUT2D eigenvalue weighted by molar-refractivity contribution is 0.0695. The molecule has 0 saturated carbocycles. The molecule has 0 aliphatic heterocycles. The largest absolute Gasteiger partial charge is 0.478 e. The molecule has 20 heavy (non-hydrogen) atoms. The molecule has 3 aromatic rings. The van der Waals surface area contributed by atoms with E-state index in [-0.39, 0.29) is 5.56 Å². The summed E-state index contributed by atoms with van der Waals surface area (Å²) in [6.07, 6.45) is 0. The van der Waals surface area contributed by atoms with Gasteiger partial charge in [-0.3, -0.25) is 0 Å². The highest BCUT2D eigenvalue weighted by Gasteiger charge is 2.10. The number of carboxylic acids is 1. The molecule has 2 heterocycles. The first-order valence-electron chi connectivity index (χ1n) is 5.97. The molecule has 0 unspecified atom stereocenters. The number of nitrogens with zero attached hydrogens (tertiary/aromatic N) is 2. The minimum atomic E-state index is -0.971. The maximum Gasteiger partial charge on any atom is 0.337 e. The van der Waals surface area contributed by atoms with E-state index in [0.717, 1.165) is 15.3 Å². The van der Waals surface area contributed by atoms with Crippen LogP contribution in [0.1, 0.15) is 16.1 Å². The zero-order valence-corrected chi connectivity index (χ0v) is 11.4. The Balaban J connectivity index is 1.90. The van der Waals surface area contributed by atoms with E-state index in [9.17, 15) is 4.79 Å². The summed E-state index contributed by atoms with van der Waals surface area (Å²) in [5.74, 6) is -0.381. The van der Waals surface area contributed by atoms with Crippen molar-refractivity contribution in [2.75, 3.05) is 5.32 Å². The first-order valence-corrected chi connectivity index (χ1v) is 6.78. The van der Waals surface area contributed by atoms with E-state index in [1.807, 2.05) is 24.3 Å². The summed E-state index contributed by atoms with van der Waals surface area (Å²) >= 11 is 1.53. The van der Waals surface area contributed by atoms with Gasteiger partial charge in [0.2, 0.25) is 0 Å². The molecule has 0 radical (unpaired) electrons. The fourth-order valence-corrected chi connectivity index (χ4v) is 2.76. The summed E-state index contributed by atoms with van der Waals surface area (Å²) in [4.78, 5) is 19.6. The standard InChI is InChI=1S/C14H11N3O2S/c1-8-9(13(18)19)6-7-12(15-8)17-14-16-10-4-2-3-5-11(10)20-14/h2-7H,1H3,(H,18,19)(H,15,16,17). The molecule has 0 saturated heterocycles. The number of anilines is 2. The maximum atomic E-state index is 10.9. The number of carboxylic acid groups (broad SMARTS) is 1. The van der Waals surface area contributed by atoms with Gasteiger partial charge in [0.15, 0.2) is 5.13 Å². The number of hydrogen-bond donors (Lipinski definition) is 2. The SMILES string of the molecule is Cc1nc(Nc2nc3ccccc3s2)ccc1C(=O)O. The number of aromatic nitrogens is 2. The van der Waals surface area contributed by atoms with Gasteiger partial charge in [0.1, 0.15) is 5.82 Å². The van der Waals surface area contributed by atoms with Crippen molar-refractivity contribution in [3.8, 4) is 0 Å². The molecule has 6 heteroatoms. The zero-order chi connectivity index (χ0) is 14.1. The van der Waals surface area contributed by atoms with E-state index in [4.69, 9.17) is 5.11 Å². The Morgan fingerprint density at radius 3 is 2.70 bits per heavy atom. The molecule has 3 rings (SSSR count). The number of pyridine rings is 1. The van der Waals surface area contributed by atoms with E-state index in [2.05, 4.69) is 15.3 Å². The molecule has 0 fully saturated rings. The van der Waals surface area contributed by atoms with Crippen LogP contribution in [0.4, 0.5) is 10.9 Å². The highest BCUT2D eigenvalue weighted by atomic mass is 32.1.